The summed E-state index contributed by atoms with van der Waals surface area (Å²) in [6.45, 7) is 0.633. The van der Waals surface area contributed by atoms with Crippen LogP contribution in [0.1, 0.15) is 35.2 Å². The van der Waals surface area contributed by atoms with Crippen LogP contribution in [0.5, 0.6) is 5.75 Å². The Balaban J connectivity index is 1.58. The molecule has 1 aromatic heterocycles. The first kappa shape index (κ1) is 23.3. The lowest BCUT2D eigenvalue weighted by Gasteiger charge is -2.26. The molecule has 0 amide bonds. The molecule has 33 heavy (non-hydrogen) atoms. The monoisotopic (exact) mass is 491 g/mol. The molecular weight excluding hydrogens is 470 g/mol. The molecule has 0 saturated carbocycles. The van der Waals surface area contributed by atoms with Crippen molar-refractivity contribution < 1.29 is 27.1 Å². The third kappa shape index (κ3) is 4.90. The molecule has 2 heterocycles. The number of piperidine rings is 1. The molecule has 3 aromatic rings. The van der Waals surface area contributed by atoms with Crippen LogP contribution in [-0.2, 0) is 21.4 Å². The number of carbonyl (C=O) groups excluding carboxylic acids is 1. The molecule has 1 aliphatic heterocycles. The predicted molar refractivity (Wildman–Crippen MR) is 122 cm³/mol. The molecule has 1 fully saturated rings. The molecule has 1 aliphatic rings. The van der Waals surface area contributed by atoms with Crippen LogP contribution in [0.4, 0.5) is 0 Å². The first-order valence-corrected chi connectivity index (χ1v) is 12.2. The van der Waals surface area contributed by atoms with Crippen LogP contribution in [0.2, 0.25) is 5.02 Å². The van der Waals surface area contributed by atoms with E-state index in [1.807, 2.05) is 0 Å². The van der Waals surface area contributed by atoms with Crippen LogP contribution in [0, 0.1) is 0 Å². The minimum Gasteiger partial charge on any atom is -0.497 e. The minimum absolute atomic E-state index is 0.0396. The van der Waals surface area contributed by atoms with Crippen molar-refractivity contribution in [1.29, 1.82) is 0 Å². The number of methoxy groups -OCH3 is 1. The SMILES string of the molecule is COc1ccc2c(COC(=O)c3ccc(Cl)c(S(=O)(=O)N4CCCCC4)c3)cc(=O)oc2c1. The lowest BCUT2D eigenvalue weighted by Crippen LogP contribution is -2.35. The van der Waals surface area contributed by atoms with Crippen molar-refractivity contribution in [2.75, 3.05) is 20.2 Å². The fourth-order valence-corrected chi connectivity index (χ4v) is 5.77. The van der Waals surface area contributed by atoms with Gasteiger partial charge in [-0.3, -0.25) is 0 Å². The molecule has 8 nitrogen and oxygen atoms in total. The lowest BCUT2D eigenvalue weighted by molar-refractivity contribution is 0.0473. The van der Waals surface area contributed by atoms with Crippen molar-refractivity contribution in [1.82, 2.24) is 4.31 Å². The van der Waals surface area contributed by atoms with Crippen molar-refractivity contribution in [2.24, 2.45) is 0 Å². The standard InChI is InChI=1S/C23H22ClNO7S/c1-30-17-6-7-18-16(12-22(26)32-20(18)13-17)14-31-23(27)15-5-8-19(24)21(11-15)33(28,29)25-9-3-2-4-10-25/h5-8,11-13H,2-4,9-10,14H2,1H3. The van der Waals surface area contributed by atoms with Gasteiger partial charge in [-0.1, -0.05) is 18.0 Å². The van der Waals surface area contributed by atoms with E-state index in [1.165, 1.54) is 35.7 Å². The van der Waals surface area contributed by atoms with Gasteiger partial charge in [0.05, 0.1) is 17.7 Å². The highest BCUT2D eigenvalue weighted by molar-refractivity contribution is 7.89. The molecule has 0 N–H and O–H groups in total. The number of rotatable bonds is 6. The van der Waals surface area contributed by atoms with Gasteiger partial charge in [-0.15, -0.1) is 0 Å². The Morgan fingerprint density at radius 1 is 1.09 bits per heavy atom. The molecule has 0 radical (unpaired) electrons. The van der Waals surface area contributed by atoms with Crippen LogP contribution < -0.4 is 10.4 Å². The van der Waals surface area contributed by atoms with E-state index in [0.29, 0.717) is 35.4 Å². The zero-order valence-corrected chi connectivity index (χ0v) is 19.4. The van der Waals surface area contributed by atoms with Crippen molar-refractivity contribution in [3.05, 3.63) is 69.0 Å². The number of ether oxygens (including phenoxy) is 2. The summed E-state index contributed by atoms with van der Waals surface area (Å²) in [5.74, 6) is -0.222. The molecule has 0 atom stereocenters. The number of sulfonamides is 1. The average Bonchev–Trinajstić information content (AvgIpc) is 2.82. The average molecular weight is 492 g/mol. The van der Waals surface area contributed by atoms with E-state index in [9.17, 15) is 18.0 Å². The Bertz CT molecular complexity index is 1360. The van der Waals surface area contributed by atoms with E-state index in [4.69, 9.17) is 25.5 Å². The summed E-state index contributed by atoms with van der Waals surface area (Å²) in [6, 6.07) is 10.2. The van der Waals surface area contributed by atoms with Crippen LogP contribution in [0.3, 0.4) is 0 Å². The van der Waals surface area contributed by atoms with Gasteiger partial charge in [0.1, 0.15) is 22.8 Å². The van der Waals surface area contributed by atoms with Gasteiger partial charge in [-0.2, -0.15) is 4.31 Å². The lowest BCUT2D eigenvalue weighted by atomic mass is 10.1. The fraction of sp³-hybridized carbons (Fsp3) is 0.304. The van der Waals surface area contributed by atoms with Crippen LogP contribution >= 0.6 is 11.6 Å². The maximum absolute atomic E-state index is 13.0. The van der Waals surface area contributed by atoms with Crippen molar-refractivity contribution in [2.45, 2.75) is 30.8 Å². The second kappa shape index (κ2) is 9.54. The molecule has 10 heteroatoms. The fourth-order valence-electron chi connectivity index (χ4n) is 3.76. The van der Waals surface area contributed by atoms with Gasteiger partial charge in [0.2, 0.25) is 10.0 Å². The normalized spacial score (nSPS) is 14.8. The Kier molecular flexibility index (Phi) is 6.73. The molecule has 0 aliphatic carbocycles. The van der Waals surface area contributed by atoms with E-state index in [-0.39, 0.29) is 22.1 Å². The second-order valence-corrected chi connectivity index (χ2v) is 9.95. The molecule has 0 unspecified atom stereocenters. The molecule has 174 valence electrons. The van der Waals surface area contributed by atoms with Gasteiger partial charge in [0.25, 0.3) is 0 Å². The molecule has 1 saturated heterocycles. The summed E-state index contributed by atoms with van der Waals surface area (Å²) in [6.07, 6.45) is 2.54. The van der Waals surface area contributed by atoms with Gasteiger partial charge in [-0.25, -0.2) is 18.0 Å². The highest BCUT2D eigenvalue weighted by atomic mass is 35.5. The maximum Gasteiger partial charge on any atom is 0.338 e. The smallest absolute Gasteiger partial charge is 0.338 e. The Hall–Kier alpha value is -2.88. The predicted octanol–water partition coefficient (Wildman–Crippen LogP) is 3.99. The van der Waals surface area contributed by atoms with Crippen molar-refractivity contribution in [3.8, 4) is 5.75 Å². The first-order valence-electron chi connectivity index (χ1n) is 10.4. The first-order chi connectivity index (χ1) is 15.8. The number of halogens is 1. The van der Waals surface area contributed by atoms with E-state index in [0.717, 1.165) is 19.3 Å². The molecule has 0 bridgehead atoms. The van der Waals surface area contributed by atoms with Gasteiger partial charge in [-0.05, 0) is 43.2 Å². The Morgan fingerprint density at radius 3 is 2.58 bits per heavy atom. The van der Waals surface area contributed by atoms with E-state index >= 15 is 0 Å². The number of benzene rings is 2. The largest absolute Gasteiger partial charge is 0.497 e. The van der Waals surface area contributed by atoms with Crippen molar-refractivity contribution in [3.63, 3.8) is 0 Å². The summed E-state index contributed by atoms with van der Waals surface area (Å²) in [5, 5.41) is 0.630. The van der Waals surface area contributed by atoms with Crippen molar-refractivity contribution >= 4 is 38.6 Å². The summed E-state index contributed by atoms with van der Waals surface area (Å²) in [5.41, 5.74) is 0.203. The van der Waals surface area contributed by atoms with Gasteiger partial charge >= 0.3 is 11.6 Å². The minimum atomic E-state index is -3.83. The maximum atomic E-state index is 13.0. The van der Waals surface area contributed by atoms with Gasteiger partial charge in [0.15, 0.2) is 0 Å². The highest BCUT2D eigenvalue weighted by Crippen LogP contribution is 2.28. The number of nitrogens with zero attached hydrogens (tertiary/aromatic N) is 1. The number of fused-ring (bicyclic) bond motifs is 1. The van der Waals surface area contributed by atoms with Crippen LogP contribution in [0.25, 0.3) is 11.0 Å². The van der Waals surface area contributed by atoms with E-state index in [2.05, 4.69) is 0 Å². The van der Waals surface area contributed by atoms with Gasteiger partial charge < -0.3 is 13.9 Å². The summed E-state index contributed by atoms with van der Waals surface area (Å²) >= 11 is 6.17. The number of hydrogen-bond donors (Lipinski definition) is 0. The third-order valence-corrected chi connectivity index (χ3v) is 7.88. The summed E-state index contributed by atoms with van der Waals surface area (Å²) in [4.78, 5) is 24.5. The summed E-state index contributed by atoms with van der Waals surface area (Å²) in [7, 11) is -2.33. The highest BCUT2D eigenvalue weighted by Gasteiger charge is 2.29. The van der Waals surface area contributed by atoms with E-state index < -0.39 is 21.6 Å². The number of carbonyl (C=O) groups is 1. The Morgan fingerprint density at radius 2 is 1.85 bits per heavy atom. The van der Waals surface area contributed by atoms with Gasteiger partial charge in [0, 0.05) is 36.2 Å². The topological polar surface area (TPSA) is 103 Å². The number of hydrogen-bond acceptors (Lipinski definition) is 7. The number of esters is 1. The van der Waals surface area contributed by atoms with Crippen LogP contribution in [0.15, 0.2) is 56.6 Å². The molecule has 2 aromatic carbocycles. The van der Waals surface area contributed by atoms with E-state index in [1.54, 1.807) is 18.2 Å². The quantitative estimate of drug-likeness (QED) is 0.379. The second-order valence-electron chi connectivity index (χ2n) is 7.64. The zero-order chi connectivity index (χ0) is 23.6. The summed E-state index contributed by atoms with van der Waals surface area (Å²) < 4.78 is 43.2. The third-order valence-electron chi connectivity index (χ3n) is 5.50. The molecular formula is C23H22ClNO7S. The Labute approximate surface area is 195 Å². The zero-order valence-electron chi connectivity index (χ0n) is 17.9. The molecule has 0 spiro atoms. The van der Waals surface area contributed by atoms with Crippen LogP contribution in [-0.4, -0.2) is 38.9 Å². The molecule has 4 rings (SSSR count).